The summed E-state index contributed by atoms with van der Waals surface area (Å²) in [5.74, 6) is -0.373. The first-order chi connectivity index (χ1) is 11.8. The fraction of sp³-hybridized carbons (Fsp3) is 0.375. The van der Waals surface area contributed by atoms with Crippen molar-refractivity contribution in [2.75, 3.05) is 6.61 Å². The third kappa shape index (κ3) is 3.87. The smallest absolute Gasteiger partial charge is 0.283 e. The third-order valence-electron chi connectivity index (χ3n) is 3.77. The number of rotatable bonds is 5. The number of fused-ring (bicyclic) bond motifs is 1. The van der Waals surface area contributed by atoms with Crippen LogP contribution in [0.2, 0.25) is 0 Å². The predicted molar refractivity (Wildman–Crippen MR) is 94.8 cm³/mol. The van der Waals surface area contributed by atoms with Crippen molar-refractivity contribution in [3.05, 3.63) is 40.8 Å². The molecule has 7 nitrogen and oxygen atoms in total. The number of hydrogen-bond acceptors (Lipinski definition) is 5. The number of aromatic nitrogens is 2. The Morgan fingerprint density at radius 3 is 2.96 bits per heavy atom. The number of halogens is 1. The summed E-state index contributed by atoms with van der Waals surface area (Å²) in [6.07, 6.45) is 2.87. The van der Waals surface area contributed by atoms with E-state index in [-0.39, 0.29) is 11.6 Å². The van der Waals surface area contributed by atoms with Gasteiger partial charge in [0.05, 0.1) is 6.33 Å². The van der Waals surface area contributed by atoms with Crippen molar-refractivity contribution in [1.29, 1.82) is 0 Å². The molecule has 0 spiro atoms. The number of nitrogens with zero attached hydrogens (tertiary/aromatic N) is 2. The number of hydrogen-bond donors (Lipinski definition) is 1. The average molecular weight is 428 g/mol. The molecule has 0 saturated heterocycles. The first-order valence-electron chi connectivity index (χ1n) is 7.77. The molecule has 1 aliphatic heterocycles. The van der Waals surface area contributed by atoms with Crippen molar-refractivity contribution in [2.45, 2.75) is 31.3 Å². The van der Waals surface area contributed by atoms with Crippen LogP contribution in [0.3, 0.4) is 0 Å². The maximum absolute atomic E-state index is 12.5. The minimum absolute atomic E-state index is 0.106. The second-order valence-electron chi connectivity index (χ2n) is 6.32. The first-order valence-corrected chi connectivity index (χ1v) is 10.0. The third-order valence-corrected chi connectivity index (χ3v) is 5.49. The molecule has 1 aromatic carbocycles. The van der Waals surface area contributed by atoms with Gasteiger partial charge in [-0.1, -0.05) is 29.8 Å². The monoisotopic (exact) mass is 427 g/mol. The van der Waals surface area contributed by atoms with E-state index in [1.807, 2.05) is 13.8 Å². The minimum Gasteiger partial charge on any atom is -0.492 e. The van der Waals surface area contributed by atoms with E-state index in [1.54, 1.807) is 22.8 Å². The Labute approximate surface area is 154 Å². The van der Waals surface area contributed by atoms with Crippen LogP contribution in [0, 0.1) is 5.92 Å². The molecule has 0 fully saturated rings. The summed E-state index contributed by atoms with van der Waals surface area (Å²) >= 11 is 3.34. The van der Waals surface area contributed by atoms with Crippen LogP contribution in [-0.4, -0.2) is 30.5 Å². The van der Waals surface area contributed by atoms with Gasteiger partial charge in [0, 0.05) is 22.8 Å². The molecular formula is C16H18BrN3O4S. The highest BCUT2D eigenvalue weighted by atomic mass is 79.9. The predicted octanol–water partition coefficient (Wildman–Crippen LogP) is 2.28. The van der Waals surface area contributed by atoms with Crippen molar-refractivity contribution < 1.29 is 17.9 Å². The Bertz CT molecular complexity index is 908. The van der Waals surface area contributed by atoms with Gasteiger partial charge in [0.2, 0.25) is 5.91 Å². The molecule has 0 saturated carbocycles. The standard InChI is InChI=1S/C16H18BrN3O4S/c1-10(2)6-20-7-15(18-9-20)25(22,23)19-16(21)13-8-24-14-4-3-11(17)5-12(13)14/h3-5,7,9-10,13H,6,8H2,1-2H3,(H,19,21)/t13-/m1/s1. The normalized spacial score (nSPS) is 16.6. The van der Waals surface area contributed by atoms with Gasteiger partial charge in [-0.25, -0.2) is 9.71 Å². The Balaban J connectivity index is 1.77. The topological polar surface area (TPSA) is 90.3 Å². The van der Waals surface area contributed by atoms with Crippen LogP contribution in [0.15, 0.2) is 40.2 Å². The Hall–Kier alpha value is -1.87. The lowest BCUT2D eigenvalue weighted by Gasteiger charge is -2.10. The van der Waals surface area contributed by atoms with E-state index in [0.29, 0.717) is 23.8 Å². The molecular weight excluding hydrogens is 410 g/mol. The molecule has 1 aromatic heterocycles. The van der Waals surface area contributed by atoms with Gasteiger partial charge in [-0.2, -0.15) is 8.42 Å². The number of sulfonamides is 1. The van der Waals surface area contributed by atoms with E-state index in [0.717, 1.165) is 4.47 Å². The largest absolute Gasteiger partial charge is 0.492 e. The SMILES string of the molecule is CC(C)Cn1cnc(S(=O)(=O)NC(=O)[C@@H]2COc3ccc(Br)cc32)c1. The van der Waals surface area contributed by atoms with Gasteiger partial charge < -0.3 is 9.30 Å². The van der Waals surface area contributed by atoms with Crippen LogP contribution in [0.25, 0.3) is 0 Å². The van der Waals surface area contributed by atoms with Crippen molar-refractivity contribution in [2.24, 2.45) is 5.92 Å². The number of nitrogens with one attached hydrogen (secondary N) is 1. The molecule has 1 amide bonds. The summed E-state index contributed by atoms with van der Waals surface area (Å²) in [5.41, 5.74) is 0.660. The van der Waals surface area contributed by atoms with Gasteiger partial charge in [-0.15, -0.1) is 0 Å². The lowest BCUT2D eigenvalue weighted by molar-refractivity contribution is -0.120. The minimum atomic E-state index is -4.02. The number of benzene rings is 1. The van der Waals surface area contributed by atoms with Gasteiger partial charge >= 0.3 is 0 Å². The Morgan fingerprint density at radius 2 is 2.24 bits per heavy atom. The summed E-state index contributed by atoms with van der Waals surface area (Å²) in [6, 6.07) is 5.31. The highest BCUT2D eigenvalue weighted by Crippen LogP contribution is 2.36. The molecule has 0 radical (unpaired) electrons. The summed E-state index contributed by atoms with van der Waals surface area (Å²) in [7, 11) is -4.02. The fourth-order valence-electron chi connectivity index (χ4n) is 2.66. The van der Waals surface area contributed by atoms with Gasteiger partial charge in [-0.05, 0) is 24.1 Å². The van der Waals surface area contributed by atoms with Crippen molar-refractivity contribution in [1.82, 2.24) is 14.3 Å². The number of amides is 1. The molecule has 2 aromatic rings. The molecule has 0 aliphatic carbocycles. The van der Waals surface area contributed by atoms with Crippen LogP contribution in [-0.2, 0) is 21.4 Å². The maximum atomic E-state index is 12.5. The fourth-order valence-corrected chi connectivity index (χ4v) is 4.01. The van der Waals surface area contributed by atoms with Gasteiger partial charge in [-0.3, -0.25) is 4.79 Å². The van der Waals surface area contributed by atoms with Gasteiger partial charge in [0.25, 0.3) is 10.0 Å². The van der Waals surface area contributed by atoms with Crippen LogP contribution >= 0.6 is 15.9 Å². The van der Waals surface area contributed by atoms with E-state index >= 15 is 0 Å². The van der Waals surface area contributed by atoms with Crippen molar-refractivity contribution >= 4 is 31.9 Å². The Kier molecular flexibility index (Phi) is 4.88. The zero-order chi connectivity index (χ0) is 18.2. The molecule has 9 heteroatoms. The molecule has 0 bridgehead atoms. The Morgan fingerprint density at radius 1 is 1.48 bits per heavy atom. The highest BCUT2D eigenvalue weighted by Gasteiger charge is 2.33. The van der Waals surface area contributed by atoms with E-state index in [4.69, 9.17) is 4.74 Å². The highest BCUT2D eigenvalue weighted by molar-refractivity contribution is 9.10. The molecule has 25 heavy (non-hydrogen) atoms. The average Bonchev–Trinajstić information content (AvgIpc) is 3.12. The zero-order valence-corrected chi connectivity index (χ0v) is 16.2. The van der Waals surface area contributed by atoms with Gasteiger partial charge in [0.15, 0.2) is 5.03 Å². The van der Waals surface area contributed by atoms with E-state index in [2.05, 4.69) is 25.6 Å². The molecule has 134 valence electrons. The quantitative estimate of drug-likeness (QED) is 0.789. The molecule has 1 N–H and O–H groups in total. The van der Waals surface area contributed by atoms with E-state index in [9.17, 15) is 13.2 Å². The van der Waals surface area contributed by atoms with Crippen LogP contribution < -0.4 is 9.46 Å². The second kappa shape index (κ2) is 6.80. The molecule has 2 heterocycles. The molecule has 0 unspecified atom stereocenters. The lowest BCUT2D eigenvalue weighted by atomic mass is 10.0. The number of imidazole rings is 1. The summed E-state index contributed by atoms with van der Waals surface area (Å²) < 4.78 is 34.9. The molecule has 1 atom stereocenters. The molecule has 1 aliphatic rings. The summed E-state index contributed by atoms with van der Waals surface area (Å²) in [6.45, 7) is 4.79. The van der Waals surface area contributed by atoms with Crippen LogP contribution in [0.1, 0.15) is 25.3 Å². The summed E-state index contributed by atoms with van der Waals surface area (Å²) in [5, 5.41) is -0.171. The second-order valence-corrected chi connectivity index (χ2v) is 8.86. The van der Waals surface area contributed by atoms with Crippen molar-refractivity contribution in [3.63, 3.8) is 0 Å². The van der Waals surface area contributed by atoms with Gasteiger partial charge in [0.1, 0.15) is 18.3 Å². The van der Waals surface area contributed by atoms with Crippen molar-refractivity contribution in [3.8, 4) is 5.75 Å². The summed E-state index contributed by atoms with van der Waals surface area (Å²) in [4.78, 5) is 16.4. The van der Waals surface area contributed by atoms with E-state index < -0.39 is 21.8 Å². The lowest BCUT2D eigenvalue weighted by Crippen LogP contribution is -2.35. The number of carbonyl (C=O) groups excluding carboxylic acids is 1. The van der Waals surface area contributed by atoms with Crippen LogP contribution in [0.5, 0.6) is 5.75 Å². The molecule has 3 rings (SSSR count). The first kappa shape index (κ1) is 17.9. The zero-order valence-electron chi connectivity index (χ0n) is 13.8. The maximum Gasteiger partial charge on any atom is 0.283 e. The number of ether oxygens (including phenoxy) is 1. The van der Waals surface area contributed by atoms with Crippen LogP contribution in [0.4, 0.5) is 0 Å². The number of carbonyl (C=O) groups is 1. The van der Waals surface area contributed by atoms with E-state index in [1.165, 1.54) is 12.5 Å².